The van der Waals surface area contributed by atoms with Crippen LogP contribution >= 0.6 is 11.6 Å². The number of nitrogens with one attached hydrogen (secondary N) is 3. The fourth-order valence-corrected chi connectivity index (χ4v) is 5.46. The fourth-order valence-electron chi connectivity index (χ4n) is 3.95. The number of hydrogen-bond donors (Lipinski definition) is 3. The van der Waals surface area contributed by atoms with E-state index in [0.29, 0.717) is 22.0 Å². The minimum absolute atomic E-state index is 0.00735. The van der Waals surface area contributed by atoms with Gasteiger partial charge in [-0.2, -0.15) is 9.41 Å². The van der Waals surface area contributed by atoms with E-state index in [0.717, 1.165) is 15.4 Å². The maximum absolute atomic E-state index is 13.3. The Labute approximate surface area is 260 Å². The van der Waals surface area contributed by atoms with Crippen LogP contribution in [0.2, 0.25) is 5.02 Å². The summed E-state index contributed by atoms with van der Waals surface area (Å²) in [6.45, 7) is 3.25. The van der Waals surface area contributed by atoms with Gasteiger partial charge >= 0.3 is 11.8 Å². The van der Waals surface area contributed by atoms with Crippen LogP contribution in [-0.2, 0) is 37.5 Å². The zero-order chi connectivity index (χ0) is 31.7. The molecule has 0 radical (unpaired) electrons. The molecule has 13 heteroatoms. The van der Waals surface area contributed by atoms with Crippen LogP contribution in [0.1, 0.15) is 28.2 Å². The van der Waals surface area contributed by atoms with Crippen molar-refractivity contribution in [3.05, 3.63) is 118 Å². The number of hydrogen-bond acceptors (Lipinski definition) is 7. The monoisotopic (exact) mass is 635 g/mol. The molecular formula is C31H30ClN5O6S. The van der Waals surface area contributed by atoms with Gasteiger partial charge in [-0.05, 0) is 79.1 Å². The first-order chi connectivity index (χ1) is 21.0. The lowest BCUT2D eigenvalue weighted by Crippen LogP contribution is -2.39. The van der Waals surface area contributed by atoms with Crippen molar-refractivity contribution in [3.8, 4) is 0 Å². The highest BCUT2D eigenvalue weighted by molar-refractivity contribution is 7.89. The second-order valence-electron chi connectivity index (χ2n) is 9.75. The van der Waals surface area contributed by atoms with E-state index in [1.165, 1.54) is 30.5 Å². The molecule has 1 heterocycles. The minimum Gasteiger partial charge on any atom is -0.458 e. The Morgan fingerprint density at radius 3 is 2.34 bits per heavy atom. The van der Waals surface area contributed by atoms with Crippen molar-refractivity contribution in [2.24, 2.45) is 5.10 Å². The van der Waals surface area contributed by atoms with Gasteiger partial charge in [0, 0.05) is 17.3 Å². The molecular weight excluding hydrogens is 606 g/mol. The predicted molar refractivity (Wildman–Crippen MR) is 166 cm³/mol. The summed E-state index contributed by atoms with van der Waals surface area (Å²) >= 11 is 5.91. The number of furan rings is 1. The zero-order valence-corrected chi connectivity index (χ0v) is 25.5. The molecule has 0 spiro atoms. The van der Waals surface area contributed by atoms with E-state index in [1.54, 1.807) is 54.6 Å². The molecule has 0 saturated heterocycles. The van der Waals surface area contributed by atoms with Crippen molar-refractivity contribution in [2.75, 3.05) is 11.9 Å². The highest BCUT2D eigenvalue weighted by Crippen LogP contribution is 2.20. The third kappa shape index (κ3) is 8.86. The van der Waals surface area contributed by atoms with Gasteiger partial charge in [-0.15, -0.1) is 0 Å². The molecule has 11 nitrogen and oxygen atoms in total. The summed E-state index contributed by atoms with van der Waals surface area (Å²) in [5, 5.41) is 9.26. The molecule has 0 aliphatic rings. The lowest BCUT2D eigenvalue weighted by Gasteiger charge is -2.21. The standard InChI is InChI=1S/C31H30ClN5O6S/c1-21-8-11-25(16-22(21)2)35-31(40)30(39)33-17-26-12-13-27(43-26)18-34-36-29(38)20-37(19-23-6-4-3-5-7-23)44(41,42)28-14-9-24(32)10-15-28/h3-16,18H,17,19-20H2,1-2H3,(H,33,39)(H,35,40)(H,36,38)/b34-18-. The Morgan fingerprint density at radius 2 is 1.64 bits per heavy atom. The van der Waals surface area contributed by atoms with Gasteiger partial charge in [0.15, 0.2) is 0 Å². The van der Waals surface area contributed by atoms with E-state index >= 15 is 0 Å². The quantitative estimate of drug-likeness (QED) is 0.128. The molecule has 0 aliphatic carbocycles. The maximum Gasteiger partial charge on any atom is 0.313 e. The van der Waals surface area contributed by atoms with Gasteiger partial charge in [0.25, 0.3) is 5.91 Å². The molecule has 44 heavy (non-hydrogen) atoms. The summed E-state index contributed by atoms with van der Waals surface area (Å²) in [5.74, 6) is -1.74. The smallest absolute Gasteiger partial charge is 0.313 e. The summed E-state index contributed by atoms with van der Waals surface area (Å²) < 4.78 is 33.3. The fraction of sp³-hybridized carbons (Fsp3) is 0.161. The third-order valence-electron chi connectivity index (χ3n) is 6.43. The molecule has 0 aliphatic heterocycles. The number of anilines is 1. The number of amides is 3. The Bertz CT molecular complexity index is 1770. The van der Waals surface area contributed by atoms with Crippen LogP contribution in [0.4, 0.5) is 5.69 Å². The first kappa shape index (κ1) is 32.1. The number of benzene rings is 3. The van der Waals surface area contributed by atoms with Crippen LogP contribution < -0.4 is 16.1 Å². The number of carbonyl (C=O) groups is 3. The molecule has 0 fully saturated rings. The Hall–Kier alpha value is -4.78. The molecule has 228 valence electrons. The molecule has 0 unspecified atom stereocenters. The molecule has 1 aromatic heterocycles. The Balaban J connectivity index is 1.31. The topological polar surface area (TPSA) is 150 Å². The second kappa shape index (κ2) is 14.6. The molecule has 0 saturated carbocycles. The largest absolute Gasteiger partial charge is 0.458 e. The van der Waals surface area contributed by atoms with Crippen molar-refractivity contribution >= 4 is 51.2 Å². The van der Waals surface area contributed by atoms with Gasteiger partial charge in [-0.25, -0.2) is 13.8 Å². The van der Waals surface area contributed by atoms with Gasteiger partial charge in [0.05, 0.1) is 24.2 Å². The number of rotatable bonds is 11. The summed E-state index contributed by atoms with van der Waals surface area (Å²) in [6, 6.07) is 23.0. The molecule has 3 aromatic carbocycles. The second-order valence-corrected chi connectivity index (χ2v) is 12.1. The lowest BCUT2D eigenvalue weighted by atomic mass is 10.1. The van der Waals surface area contributed by atoms with Gasteiger partial charge in [0.2, 0.25) is 10.0 Å². The van der Waals surface area contributed by atoms with E-state index in [9.17, 15) is 22.8 Å². The van der Waals surface area contributed by atoms with Gasteiger partial charge < -0.3 is 15.1 Å². The van der Waals surface area contributed by atoms with E-state index < -0.39 is 34.3 Å². The number of halogens is 1. The number of sulfonamides is 1. The highest BCUT2D eigenvalue weighted by atomic mass is 35.5. The Morgan fingerprint density at radius 1 is 0.909 bits per heavy atom. The van der Waals surface area contributed by atoms with Crippen molar-refractivity contribution < 1.29 is 27.2 Å². The maximum atomic E-state index is 13.3. The van der Waals surface area contributed by atoms with Gasteiger partial charge in [-0.1, -0.05) is 48.0 Å². The van der Waals surface area contributed by atoms with Crippen LogP contribution in [0.25, 0.3) is 0 Å². The van der Waals surface area contributed by atoms with E-state index in [4.69, 9.17) is 16.0 Å². The van der Waals surface area contributed by atoms with Crippen LogP contribution in [-0.4, -0.2) is 43.2 Å². The SMILES string of the molecule is Cc1ccc(NC(=O)C(=O)NCc2ccc(/C=N\NC(=O)CN(Cc3ccccc3)S(=O)(=O)c3ccc(Cl)cc3)o2)cc1C. The van der Waals surface area contributed by atoms with Crippen LogP contribution in [0, 0.1) is 13.8 Å². The molecule has 4 rings (SSSR count). The van der Waals surface area contributed by atoms with E-state index in [1.807, 2.05) is 19.9 Å². The summed E-state index contributed by atoms with van der Waals surface area (Å²) in [5.41, 5.74) is 5.56. The minimum atomic E-state index is -4.05. The first-order valence-electron chi connectivity index (χ1n) is 13.4. The van der Waals surface area contributed by atoms with Crippen molar-refractivity contribution in [1.29, 1.82) is 0 Å². The van der Waals surface area contributed by atoms with E-state index in [2.05, 4.69) is 21.2 Å². The van der Waals surface area contributed by atoms with Crippen LogP contribution in [0.3, 0.4) is 0 Å². The predicted octanol–water partition coefficient (Wildman–Crippen LogP) is 4.15. The van der Waals surface area contributed by atoms with Crippen molar-refractivity contribution in [2.45, 2.75) is 31.8 Å². The molecule has 0 bridgehead atoms. The van der Waals surface area contributed by atoms with Gasteiger partial charge in [-0.3, -0.25) is 14.4 Å². The van der Waals surface area contributed by atoms with Gasteiger partial charge in [0.1, 0.15) is 11.5 Å². The van der Waals surface area contributed by atoms with E-state index in [-0.39, 0.29) is 23.7 Å². The van der Waals surface area contributed by atoms with Crippen molar-refractivity contribution in [1.82, 2.24) is 15.0 Å². The van der Waals surface area contributed by atoms with Crippen LogP contribution in [0.5, 0.6) is 0 Å². The average Bonchev–Trinajstić information content (AvgIpc) is 3.45. The number of aryl methyl sites for hydroxylation is 2. The summed E-state index contributed by atoms with van der Waals surface area (Å²) in [7, 11) is -4.05. The number of hydrazone groups is 1. The summed E-state index contributed by atoms with van der Waals surface area (Å²) in [4.78, 5) is 37.1. The Kier molecular flexibility index (Phi) is 10.7. The highest BCUT2D eigenvalue weighted by Gasteiger charge is 2.27. The molecule has 3 N–H and O–H groups in total. The number of carbonyl (C=O) groups excluding carboxylic acids is 3. The third-order valence-corrected chi connectivity index (χ3v) is 8.49. The molecule has 4 aromatic rings. The summed E-state index contributed by atoms with van der Waals surface area (Å²) in [6.07, 6.45) is 1.23. The molecule has 0 atom stereocenters. The van der Waals surface area contributed by atoms with Crippen LogP contribution in [0.15, 0.2) is 99.3 Å². The average molecular weight is 636 g/mol. The molecule has 3 amide bonds. The zero-order valence-electron chi connectivity index (χ0n) is 23.9. The first-order valence-corrected chi connectivity index (χ1v) is 15.2. The lowest BCUT2D eigenvalue weighted by molar-refractivity contribution is -0.136. The normalized spacial score (nSPS) is 11.5. The van der Waals surface area contributed by atoms with Crippen molar-refractivity contribution in [3.63, 3.8) is 0 Å². The number of nitrogens with zero attached hydrogens (tertiary/aromatic N) is 2.